The molecule has 0 fully saturated rings. The fourth-order valence-electron chi connectivity index (χ4n) is 0.976. The van der Waals surface area contributed by atoms with Gasteiger partial charge in [-0.15, -0.1) is 0 Å². The van der Waals surface area contributed by atoms with E-state index in [9.17, 15) is 15.3 Å². The minimum atomic E-state index is -2.99. The zero-order valence-electron chi connectivity index (χ0n) is 12.7. The molecule has 3 unspecified atom stereocenters. The van der Waals surface area contributed by atoms with Gasteiger partial charge in [0.15, 0.2) is 0 Å². The molecule has 0 aromatic heterocycles. The highest BCUT2D eigenvalue weighted by Crippen LogP contribution is 2.26. The Bertz CT molecular complexity index is 295. The molecule has 3 N–H and O–H groups in total. The Kier molecular flexibility index (Phi) is 8.09. The fraction of sp³-hybridized carbons (Fsp3) is 1.00. The molecule has 128 valence electrons. The molecule has 21 heavy (non-hydrogen) atoms. The Morgan fingerprint density at radius 2 is 1.19 bits per heavy atom. The second-order valence-corrected chi connectivity index (χ2v) is 3.64. The molecule has 0 amide bonds. The van der Waals surface area contributed by atoms with Crippen molar-refractivity contribution in [2.45, 2.75) is 31.7 Å². The first-order valence-electron chi connectivity index (χ1n) is 5.55. The molecular weight excluding hydrogens is 296 g/mol. The Labute approximate surface area is 121 Å². The van der Waals surface area contributed by atoms with Crippen LogP contribution in [-0.4, -0.2) is 75.6 Å². The van der Waals surface area contributed by atoms with Gasteiger partial charge in [-0.1, -0.05) is 0 Å². The maximum Gasteiger partial charge on any atom is 0.420 e. The van der Waals surface area contributed by atoms with Crippen molar-refractivity contribution in [3.05, 3.63) is 0 Å². The van der Waals surface area contributed by atoms with Crippen molar-refractivity contribution in [1.82, 2.24) is 0 Å². The molecular formula is C10H22O11. The molecule has 11 heteroatoms. The summed E-state index contributed by atoms with van der Waals surface area (Å²) in [6, 6.07) is 0. The van der Waals surface area contributed by atoms with Gasteiger partial charge in [0, 0.05) is 42.5 Å². The monoisotopic (exact) mass is 318 g/mol. The molecule has 0 aliphatic rings. The van der Waals surface area contributed by atoms with Crippen LogP contribution in [0.3, 0.4) is 0 Å². The number of hydrogen-bond acceptors (Lipinski definition) is 11. The average molecular weight is 318 g/mol. The zero-order valence-corrected chi connectivity index (χ0v) is 12.7. The number of ether oxygens (including phenoxy) is 8. The van der Waals surface area contributed by atoms with Crippen LogP contribution in [0.15, 0.2) is 0 Å². The van der Waals surface area contributed by atoms with E-state index in [2.05, 4.69) is 33.2 Å². The van der Waals surface area contributed by atoms with Crippen LogP contribution >= 0.6 is 0 Å². The van der Waals surface area contributed by atoms with Crippen molar-refractivity contribution in [2.24, 2.45) is 0 Å². The first-order valence-corrected chi connectivity index (χ1v) is 5.55. The number of aliphatic hydroxyl groups is 3. The van der Waals surface area contributed by atoms with Crippen molar-refractivity contribution in [2.75, 3.05) is 35.5 Å². The quantitative estimate of drug-likeness (QED) is 0.381. The Morgan fingerprint density at radius 1 is 0.714 bits per heavy atom. The highest BCUT2D eigenvalue weighted by molar-refractivity contribution is 4.48. The summed E-state index contributed by atoms with van der Waals surface area (Å²) < 4.78 is 36.8. The van der Waals surface area contributed by atoms with Gasteiger partial charge >= 0.3 is 12.3 Å². The smallest absolute Gasteiger partial charge is 0.343 e. The van der Waals surface area contributed by atoms with Gasteiger partial charge in [-0.25, -0.2) is 14.2 Å². The van der Waals surface area contributed by atoms with Crippen LogP contribution in [0.4, 0.5) is 0 Å². The molecule has 0 aromatic rings. The van der Waals surface area contributed by atoms with Crippen LogP contribution < -0.4 is 0 Å². The lowest BCUT2D eigenvalue weighted by atomic mass is 10.6. The molecule has 0 radical (unpaired) electrons. The maximum atomic E-state index is 9.92. The van der Waals surface area contributed by atoms with E-state index in [4.69, 9.17) is 4.74 Å². The Balaban J connectivity index is 5.03. The molecule has 0 aromatic carbocycles. The van der Waals surface area contributed by atoms with Gasteiger partial charge in [0.2, 0.25) is 0 Å². The number of hydrogen-bond donors (Lipinski definition) is 3. The molecule has 0 aliphatic heterocycles. The van der Waals surface area contributed by atoms with Gasteiger partial charge in [0.05, 0.1) is 0 Å². The van der Waals surface area contributed by atoms with Gasteiger partial charge in [0.25, 0.3) is 12.4 Å². The summed E-state index contributed by atoms with van der Waals surface area (Å²) in [5, 5.41) is 29.4. The predicted molar refractivity (Wildman–Crippen MR) is 62.6 cm³/mol. The summed E-state index contributed by atoms with van der Waals surface area (Å²) in [6.07, 6.45) is -5.89. The fourth-order valence-corrected chi connectivity index (χ4v) is 0.976. The van der Waals surface area contributed by atoms with E-state index in [-0.39, 0.29) is 0 Å². The average Bonchev–Trinajstić information content (AvgIpc) is 2.44. The molecule has 0 aliphatic carbocycles. The molecule has 0 saturated heterocycles. The van der Waals surface area contributed by atoms with Crippen LogP contribution in [0.25, 0.3) is 0 Å². The van der Waals surface area contributed by atoms with Crippen LogP contribution in [-0.2, 0) is 37.9 Å². The van der Waals surface area contributed by atoms with E-state index >= 15 is 0 Å². The highest BCUT2D eigenvalue weighted by Gasteiger charge is 2.49. The molecule has 0 heterocycles. The van der Waals surface area contributed by atoms with Crippen LogP contribution in [0.1, 0.15) is 6.92 Å². The summed E-state index contributed by atoms with van der Waals surface area (Å²) in [6.45, 7) is -0.376. The zero-order chi connectivity index (χ0) is 16.7. The summed E-state index contributed by atoms with van der Waals surface area (Å²) >= 11 is 0. The molecule has 3 atom stereocenters. The second-order valence-electron chi connectivity index (χ2n) is 3.64. The normalized spacial score (nSPS) is 20.9. The first-order chi connectivity index (χ1) is 9.59. The third kappa shape index (κ3) is 6.90. The summed E-state index contributed by atoms with van der Waals surface area (Å²) in [5.74, 6) is -2.30. The van der Waals surface area contributed by atoms with Crippen LogP contribution in [0.5, 0.6) is 0 Å². The highest BCUT2D eigenvalue weighted by atomic mass is 17.1. The molecule has 0 bridgehead atoms. The van der Waals surface area contributed by atoms with Gasteiger partial charge in [-0.05, 0) is 0 Å². The Hall–Kier alpha value is -0.440. The predicted octanol–water partition coefficient (Wildman–Crippen LogP) is -1.57. The summed E-state index contributed by atoms with van der Waals surface area (Å²) in [4.78, 5) is 0. The molecule has 0 spiro atoms. The first kappa shape index (κ1) is 20.6. The summed E-state index contributed by atoms with van der Waals surface area (Å²) in [5.41, 5.74) is 0. The van der Waals surface area contributed by atoms with Gasteiger partial charge in [0.1, 0.15) is 0 Å². The van der Waals surface area contributed by atoms with Gasteiger partial charge < -0.3 is 39.0 Å². The van der Waals surface area contributed by atoms with Gasteiger partial charge in [-0.3, -0.25) is 0 Å². The lowest BCUT2D eigenvalue weighted by Gasteiger charge is -2.37. The Morgan fingerprint density at radius 3 is 1.52 bits per heavy atom. The minimum Gasteiger partial charge on any atom is -0.343 e. The topological polar surface area (TPSA) is 135 Å². The van der Waals surface area contributed by atoms with E-state index in [1.807, 2.05) is 0 Å². The van der Waals surface area contributed by atoms with E-state index < -0.39 is 24.8 Å². The summed E-state index contributed by atoms with van der Waals surface area (Å²) in [7, 11) is 5.43. The third-order valence-corrected chi connectivity index (χ3v) is 2.10. The van der Waals surface area contributed by atoms with Gasteiger partial charge in [-0.2, -0.15) is 0 Å². The molecule has 0 rings (SSSR count). The van der Waals surface area contributed by atoms with Crippen molar-refractivity contribution in [3.63, 3.8) is 0 Å². The standard InChI is InChI=1S/C10H22O11/c1-8(11,16-4)20-10(13,18-6)21-9(12,17-5)19-7(14-2)15-3/h7,11-13H,1-6H3. The van der Waals surface area contributed by atoms with E-state index in [1.54, 1.807) is 0 Å². The van der Waals surface area contributed by atoms with Crippen molar-refractivity contribution >= 4 is 0 Å². The minimum absolute atomic E-state index is 0.950. The lowest BCUT2D eigenvalue weighted by Crippen LogP contribution is -2.55. The number of rotatable bonds is 11. The molecule has 11 nitrogen and oxygen atoms in total. The SMILES string of the molecule is COC(OC)OC(O)(OC)OC(O)(OC)OC(C)(O)OC. The van der Waals surface area contributed by atoms with Crippen LogP contribution in [0.2, 0.25) is 0 Å². The van der Waals surface area contributed by atoms with Crippen molar-refractivity contribution < 1.29 is 53.2 Å². The van der Waals surface area contributed by atoms with E-state index in [0.29, 0.717) is 0 Å². The number of methoxy groups -OCH3 is 5. The van der Waals surface area contributed by atoms with E-state index in [1.165, 1.54) is 14.2 Å². The molecule has 0 saturated carbocycles. The maximum absolute atomic E-state index is 9.92. The van der Waals surface area contributed by atoms with Crippen LogP contribution in [0, 0.1) is 0 Å². The lowest BCUT2D eigenvalue weighted by molar-refractivity contribution is -0.644. The third-order valence-electron chi connectivity index (χ3n) is 2.10. The van der Waals surface area contributed by atoms with Crippen molar-refractivity contribution in [3.8, 4) is 0 Å². The van der Waals surface area contributed by atoms with E-state index in [0.717, 1.165) is 28.3 Å². The van der Waals surface area contributed by atoms with Crippen molar-refractivity contribution in [1.29, 1.82) is 0 Å². The largest absolute Gasteiger partial charge is 0.420 e. The second kappa shape index (κ2) is 8.26.